The molecule has 0 aliphatic heterocycles. The molecule has 5 heteroatoms. The van der Waals surface area contributed by atoms with E-state index < -0.39 is 0 Å². The Bertz CT molecular complexity index is 893. The first-order valence-corrected chi connectivity index (χ1v) is 8.43. The van der Waals surface area contributed by atoms with Crippen molar-refractivity contribution in [3.63, 3.8) is 0 Å². The first kappa shape index (κ1) is 18.1. The number of nitrogens with one attached hydrogen (secondary N) is 1. The van der Waals surface area contributed by atoms with Crippen LogP contribution in [0, 0.1) is 0 Å². The molecule has 0 aliphatic rings. The number of oxime groups is 1. The number of carbonyl (C=O) groups excluding carboxylic acids is 1. The van der Waals surface area contributed by atoms with Crippen LogP contribution in [0.4, 0.5) is 0 Å². The van der Waals surface area contributed by atoms with E-state index >= 15 is 0 Å². The van der Waals surface area contributed by atoms with Gasteiger partial charge in [0, 0.05) is 16.7 Å². The lowest BCUT2D eigenvalue weighted by Crippen LogP contribution is -2.20. The van der Waals surface area contributed by atoms with Crippen LogP contribution in [0.1, 0.15) is 27.0 Å². The van der Waals surface area contributed by atoms with Crippen molar-refractivity contribution in [1.29, 1.82) is 0 Å². The number of carbonyl (C=O) groups is 1. The SMILES string of the molecule is CO/N=C/c1ccc(C(=O)NN=C(c2ccccc2)c2ccccc2)cc1. The second-order valence-corrected chi connectivity index (χ2v) is 5.67. The van der Waals surface area contributed by atoms with Crippen LogP contribution >= 0.6 is 0 Å². The van der Waals surface area contributed by atoms with E-state index in [0.29, 0.717) is 11.3 Å². The molecule has 0 atom stereocenters. The Hall–Kier alpha value is -3.73. The predicted octanol–water partition coefficient (Wildman–Crippen LogP) is 3.85. The van der Waals surface area contributed by atoms with Crippen LogP contribution in [-0.2, 0) is 4.84 Å². The second kappa shape index (κ2) is 9.10. The minimum absolute atomic E-state index is 0.283. The maximum Gasteiger partial charge on any atom is 0.271 e. The molecule has 134 valence electrons. The van der Waals surface area contributed by atoms with Gasteiger partial charge in [0.2, 0.25) is 0 Å². The number of amides is 1. The fourth-order valence-corrected chi connectivity index (χ4v) is 2.49. The molecule has 1 amide bonds. The van der Waals surface area contributed by atoms with Gasteiger partial charge in [-0.05, 0) is 17.7 Å². The lowest BCUT2D eigenvalue weighted by atomic mass is 10.0. The molecule has 5 nitrogen and oxygen atoms in total. The highest BCUT2D eigenvalue weighted by atomic mass is 16.6. The molecular formula is C22H19N3O2. The number of benzene rings is 3. The van der Waals surface area contributed by atoms with Gasteiger partial charge in [0.1, 0.15) is 7.11 Å². The fourth-order valence-electron chi connectivity index (χ4n) is 2.49. The Morgan fingerprint density at radius 3 is 1.89 bits per heavy atom. The number of nitrogens with zero attached hydrogens (tertiary/aromatic N) is 2. The van der Waals surface area contributed by atoms with Gasteiger partial charge in [-0.15, -0.1) is 0 Å². The van der Waals surface area contributed by atoms with Gasteiger partial charge < -0.3 is 4.84 Å². The molecule has 0 unspecified atom stereocenters. The lowest BCUT2D eigenvalue weighted by Gasteiger charge is -2.08. The Labute approximate surface area is 158 Å². The molecule has 27 heavy (non-hydrogen) atoms. The zero-order valence-corrected chi connectivity index (χ0v) is 14.9. The molecule has 1 N–H and O–H groups in total. The first-order valence-electron chi connectivity index (χ1n) is 8.43. The van der Waals surface area contributed by atoms with Crippen molar-refractivity contribution < 1.29 is 9.63 Å². The Kier molecular flexibility index (Phi) is 6.09. The van der Waals surface area contributed by atoms with Gasteiger partial charge >= 0.3 is 0 Å². The van der Waals surface area contributed by atoms with Gasteiger partial charge in [0.05, 0.1) is 11.9 Å². The molecule has 0 aromatic heterocycles. The summed E-state index contributed by atoms with van der Waals surface area (Å²) in [4.78, 5) is 17.1. The van der Waals surface area contributed by atoms with Crippen LogP contribution in [0.3, 0.4) is 0 Å². The third-order valence-electron chi connectivity index (χ3n) is 3.84. The zero-order chi connectivity index (χ0) is 18.9. The summed E-state index contributed by atoms with van der Waals surface area (Å²) in [5.41, 5.74) is 6.55. The standard InChI is InChI=1S/C22H19N3O2/c1-27-23-16-17-12-14-20(15-13-17)22(26)25-24-21(18-8-4-2-5-9-18)19-10-6-3-7-11-19/h2-16H,1H3,(H,25,26)/b23-16+. The number of hydrogen-bond donors (Lipinski definition) is 1. The quantitative estimate of drug-likeness (QED) is 0.538. The zero-order valence-electron chi connectivity index (χ0n) is 14.9. The lowest BCUT2D eigenvalue weighted by molar-refractivity contribution is 0.0955. The van der Waals surface area contributed by atoms with Gasteiger partial charge in [-0.3, -0.25) is 4.79 Å². The summed E-state index contributed by atoms with van der Waals surface area (Å²) in [7, 11) is 1.48. The summed E-state index contributed by atoms with van der Waals surface area (Å²) < 4.78 is 0. The van der Waals surface area contributed by atoms with Crippen molar-refractivity contribution in [1.82, 2.24) is 5.43 Å². The summed E-state index contributed by atoms with van der Waals surface area (Å²) >= 11 is 0. The molecule has 0 fully saturated rings. The predicted molar refractivity (Wildman–Crippen MR) is 107 cm³/mol. The van der Waals surface area contributed by atoms with Crippen LogP contribution in [0.15, 0.2) is 95.2 Å². The average Bonchev–Trinajstić information content (AvgIpc) is 2.74. The van der Waals surface area contributed by atoms with Crippen LogP contribution in [0.25, 0.3) is 0 Å². The van der Waals surface area contributed by atoms with Gasteiger partial charge in [0.15, 0.2) is 0 Å². The largest absolute Gasteiger partial charge is 0.399 e. The van der Waals surface area contributed by atoms with Crippen LogP contribution in [0.2, 0.25) is 0 Å². The Morgan fingerprint density at radius 2 is 1.37 bits per heavy atom. The van der Waals surface area contributed by atoms with E-state index in [-0.39, 0.29) is 5.91 Å². The van der Waals surface area contributed by atoms with Crippen molar-refractivity contribution in [3.05, 3.63) is 107 Å². The molecule has 3 rings (SSSR count). The average molecular weight is 357 g/mol. The highest BCUT2D eigenvalue weighted by molar-refractivity contribution is 6.13. The summed E-state index contributed by atoms with van der Waals surface area (Å²) in [6, 6.07) is 26.5. The number of hydrazone groups is 1. The van der Waals surface area contributed by atoms with E-state index in [4.69, 9.17) is 0 Å². The van der Waals surface area contributed by atoms with Crippen LogP contribution in [-0.4, -0.2) is 24.9 Å². The highest BCUT2D eigenvalue weighted by Gasteiger charge is 2.09. The molecule has 0 aliphatic carbocycles. The normalized spacial score (nSPS) is 10.4. The first-order chi connectivity index (χ1) is 13.3. The van der Waals surface area contributed by atoms with E-state index in [0.717, 1.165) is 16.7 Å². The van der Waals surface area contributed by atoms with E-state index in [1.807, 2.05) is 60.7 Å². The molecule has 0 saturated carbocycles. The van der Waals surface area contributed by atoms with Crippen LogP contribution < -0.4 is 5.43 Å². The van der Waals surface area contributed by atoms with Crippen molar-refractivity contribution in [2.45, 2.75) is 0 Å². The summed E-state index contributed by atoms with van der Waals surface area (Å²) in [6.07, 6.45) is 1.57. The third-order valence-corrected chi connectivity index (χ3v) is 3.84. The minimum atomic E-state index is -0.283. The number of rotatable bonds is 6. The van der Waals surface area contributed by atoms with E-state index in [9.17, 15) is 4.79 Å². The molecular weight excluding hydrogens is 338 g/mol. The topological polar surface area (TPSA) is 63.0 Å². The molecule has 0 bridgehead atoms. The Morgan fingerprint density at radius 1 is 0.815 bits per heavy atom. The van der Waals surface area contributed by atoms with Crippen LogP contribution in [0.5, 0.6) is 0 Å². The monoisotopic (exact) mass is 357 g/mol. The fraction of sp³-hybridized carbons (Fsp3) is 0.0455. The van der Waals surface area contributed by atoms with Crippen molar-refractivity contribution in [3.8, 4) is 0 Å². The minimum Gasteiger partial charge on any atom is -0.399 e. The van der Waals surface area contributed by atoms with Crippen molar-refractivity contribution in [2.75, 3.05) is 7.11 Å². The van der Waals surface area contributed by atoms with Crippen molar-refractivity contribution in [2.24, 2.45) is 10.3 Å². The van der Waals surface area contributed by atoms with Gasteiger partial charge in [-0.2, -0.15) is 5.10 Å². The summed E-state index contributed by atoms with van der Waals surface area (Å²) in [5.74, 6) is -0.283. The molecule has 0 radical (unpaired) electrons. The van der Waals surface area contributed by atoms with E-state index in [1.54, 1.807) is 30.5 Å². The maximum atomic E-state index is 12.5. The third kappa shape index (κ3) is 4.89. The summed E-state index contributed by atoms with van der Waals surface area (Å²) in [6.45, 7) is 0. The molecule has 3 aromatic carbocycles. The highest BCUT2D eigenvalue weighted by Crippen LogP contribution is 2.11. The Balaban J connectivity index is 1.82. The molecule has 0 saturated heterocycles. The molecule has 0 heterocycles. The summed E-state index contributed by atoms with van der Waals surface area (Å²) in [5, 5.41) is 8.08. The van der Waals surface area contributed by atoms with Crippen molar-refractivity contribution >= 4 is 17.8 Å². The van der Waals surface area contributed by atoms with E-state index in [2.05, 4.69) is 20.5 Å². The van der Waals surface area contributed by atoms with Gasteiger partial charge in [-0.25, -0.2) is 5.43 Å². The number of hydrogen-bond acceptors (Lipinski definition) is 4. The molecule has 0 spiro atoms. The van der Waals surface area contributed by atoms with Gasteiger partial charge in [0.25, 0.3) is 5.91 Å². The molecule has 3 aromatic rings. The van der Waals surface area contributed by atoms with Gasteiger partial charge in [-0.1, -0.05) is 78.0 Å². The maximum absolute atomic E-state index is 12.5. The smallest absolute Gasteiger partial charge is 0.271 e. The second-order valence-electron chi connectivity index (χ2n) is 5.67. The van der Waals surface area contributed by atoms with E-state index in [1.165, 1.54) is 7.11 Å².